The van der Waals surface area contributed by atoms with Crippen LogP contribution in [0.1, 0.15) is 44.7 Å². The minimum Gasteiger partial charge on any atom is -0.481 e. The van der Waals surface area contributed by atoms with E-state index in [4.69, 9.17) is 5.11 Å². The molecule has 106 valence electrons. The van der Waals surface area contributed by atoms with Crippen LogP contribution in [0.25, 0.3) is 0 Å². The molecule has 1 rings (SSSR count). The lowest BCUT2D eigenvalue weighted by atomic mass is 10.1. The number of carboxylic acids is 1. The highest BCUT2D eigenvalue weighted by Crippen LogP contribution is 2.09. The van der Waals surface area contributed by atoms with Crippen LogP contribution in [0.4, 0.5) is 4.79 Å². The van der Waals surface area contributed by atoms with E-state index in [-0.39, 0.29) is 24.5 Å². The molecule has 0 spiro atoms. The summed E-state index contributed by atoms with van der Waals surface area (Å²) in [6, 6.07) is -0.904. The molecule has 19 heavy (non-hydrogen) atoms. The standard InChI is InChI=1S/C12H20N4O3/c1-3-4-10(5-11(17)18)16-12(19)15-8(2)9-6-13-14-7-9/h6-8,10H,3-5H2,1-2H3,(H,13,14)(H,17,18)(H2,15,16,19). The van der Waals surface area contributed by atoms with Crippen molar-refractivity contribution in [3.05, 3.63) is 18.0 Å². The van der Waals surface area contributed by atoms with Crippen LogP contribution in [0.3, 0.4) is 0 Å². The van der Waals surface area contributed by atoms with Gasteiger partial charge >= 0.3 is 12.0 Å². The summed E-state index contributed by atoms with van der Waals surface area (Å²) in [5, 5.41) is 20.7. The number of carboxylic acid groups (broad SMARTS) is 1. The molecule has 0 aliphatic heterocycles. The summed E-state index contributed by atoms with van der Waals surface area (Å²) in [6.45, 7) is 3.78. The Morgan fingerprint density at radius 2 is 2.21 bits per heavy atom. The summed E-state index contributed by atoms with van der Waals surface area (Å²) < 4.78 is 0. The number of aromatic amines is 1. The van der Waals surface area contributed by atoms with Crippen LogP contribution in [0.2, 0.25) is 0 Å². The minimum atomic E-state index is -0.915. The van der Waals surface area contributed by atoms with Gasteiger partial charge in [-0.25, -0.2) is 4.79 Å². The van der Waals surface area contributed by atoms with Crippen LogP contribution in [0.5, 0.6) is 0 Å². The highest BCUT2D eigenvalue weighted by atomic mass is 16.4. The van der Waals surface area contributed by atoms with Crippen molar-refractivity contribution in [2.24, 2.45) is 0 Å². The maximum absolute atomic E-state index is 11.8. The third-order valence-corrected chi connectivity index (χ3v) is 2.76. The number of aromatic nitrogens is 2. The molecule has 2 unspecified atom stereocenters. The minimum absolute atomic E-state index is 0.0681. The maximum Gasteiger partial charge on any atom is 0.315 e. The van der Waals surface area contributed by atoms with Crippen molar-refractivity contribution in [1.29, 1.82) is 0 Å². The molecule has 0 radical (unpaired) electrons. The van der Waals surface area contributed by atoms with Crippen molar-refractivity contribution in [2.75, 3.05) is 0 Å². The van der Waals surface area contributed by atoms with Gasteiger partial charge in [0.1, 0.15) is 0 Å². The van der Waals surface area contributed by atoms with Crippen molar-refractivity contribution in [1.82, 2.24) is 20.8 Å². The first-order chi connectivity index (χ1) is 9.02. The fraction of sp³-hybridized carbons (Fsp3) is 0.583. The summed E-state index contributed by atoms with van der Waals surface area (Å²) >= 11 is 0. The van der Waals surface area contributed by atoms with Crippen LogP contribution in [-0.4, -0.2) is 33.3 Å². The van der Waals surface area contributed by atoms with Gasteiger partial charge in [-0.05, 0) is 13.3 Å². The average Bonchev–Trinajstić information content (AvgIpc) is 2.81. The third-order valence-electron chi connectivity index (χ3n) is 2.76. The van der Waals surface area contributed by atoms with Gasteiger partial charge in [0.15, 0.2) is 0 Å². The number of hydrogen-bond acceptors (Lipinski definition) is 3. The molecule has 0 fully saturated rings. The van der Waals surface area contributed by atoms with E-state index in [9.17, 15) is 9.59 Å². The van der Waals surface area contributed by atoms with E-state index in [0.29, 0.717) is 6.42 Å². The smallest absolute Gasteiger partial charge is 0.315 e. The fourth-order valence-electron chi connectivity index (χ4n) is 1.79. The first-order valence-corrected chi connectivity index (χ1v) is 6.30. The Bertz CT molecular complexity index is 405. The van der Waals surface area contributed by atoms with Crippen molar-refractivity contribution in [3.8, 4) is 0 Å². The van der Waals surface area contributed by atoms with E-state index in [0.717, 1.165) is 12.0 Å². The average molecular weight is 268 g/mol. The van der Waals surface area contributed by atoms with Gasteiger partial charge in [0, 0.05) is 17.8 Å². The molecule has 0 bridgehead atoms. The Morgan fingerprint density at radius 1 is 1.47 bits per heavy atom. The third kappa shape index (κ3) is 5.41. The van der Waals surface area contributed by atoms with Crippen LogP contribution in [0, 0.1) is 0 Å². The van der Waals surface area contributed by atoms with Crippen molar-refractivity contribution < 1.29 is 14.7 Å². The molecule has 2 atom stereocenters. The van der Waals surface area contributed by atoms with E-state index < -0.39 is 5.97 Å². The van der Waals surface area contributed by atoms with Crippen molar-refractivity contribution >= 4 is 12.0 Å². The van der Waals surface area contributed by atoms with Gasteiger partial charge in [0.05, 0.1) is 18.7 Å². The number of nitrogens with one attached hydrogen (secondary N) is 3. The second-order valence-corrected chi connectivity index (χ2v) is 4.45. The summed E-state index contributed by atoms with van der Waals surface area (Å²) in [4.78, 5) is 22.5. The molecule has 0 aliphatic carbocycles. The second kappa shape index (κ2) is 7.40. The van der Waals surface area contributed by atoms with Crippen molar-refractivity contribution in [2.45, 2.75) is 45.2 Å². The molecule has 7 heteroatoms. The molecule has 1 heterocycles. The van der Waals surface area contributed by atoms with Gasteiger partial charge in [-0.1, -0.05) is 13.3 Å². The summed E-state index contributed by atoms with van der Waals surface area (Å²) in [7, 11) is 0. The number of nitrogens with zero attached hydrogens (tertiary/aromatic N) is 1. The zero-order valence-electron chi connectivity index (χ0n) is 11.1. The predicted molar refractivity (Wildman–Crippen MR) is 69.6 cm³/mol. The predicted octanol–water partition coefficient (Wildman–Crippen LogP) is 1.41. The Labute approximate surface area is 111 Å². The molecule has 0 saturated carbocycles. The van der Waals surface area contributed by atoms with Crippen molar-refractivity contribution in [3.63, 3.8) is 0 Å². The van der Waals surface area contributed by atoms with E-state index in [2.05, 4.69) is 20.8 Å². The number of carbonyl (C=O) groups excluding carboxylic acids is 1. The molecule has 0 saturated heterocycles. The lowest BCUT2D eigenvalue weighted by molar-refractivity contribution is -0.137. The molecule has 7 nitrogen and oxygen atoms in total. The van der Waals surface area contributed by atoms with Gasteiger partial charge in [0.25, 0.3) is 0 Å². The lowest BCUT2D eigenvalue weighted by Gasteiger charge is -2.19. The number of amides is 2. The summed E-state index contributed by atoms with van der Waals surface area (Å²) in [6.07, 6.45) is 4.72. The lowest BCUT2D eigenvalue weighted by Crippen LogP contribution is -2.43. The van der Waals surface area contributed by atoms with Crippen LogP contribution >= 0.6 is 0 Å². The van der Waals surface area contributed by atoms with Gasteiger partial charge < -0.3 is 15.7 Å². The highest BCUT2D eigenvalue weighted by molar-refractivity contribution is 5.76. The number of hydrogen-bond donors (Lipinski definition) is 4. The van der Waals surface area contributed by atoms with E-state index in [1.54, 1.807) is 12.4 Å². The Balaban J connectivity index is 2.45. The number of aliphatic carboxylic acids is 1. The van der Waals surface area contributed by atoms with Crippen LogP contribution in [-0.2, 0) is 4.79 Å². The second-order valence-electron chi connectivity index (χ2n) is 4.45. The largest absolute Gasteiger partial charge is 0.481 e. The number of carbonyl (C=O) groups is 2. The quantitative estimate of drug-likeness (QED) is 0.599. The van der Waals surface area contributed by atoms with Gasteiger partial charge in [-0.2, -0.15) is 5.10 Å². The molecule has 1 aromatic heterocycles. The molecular formula is C12H20N4O3. The number of H-pyrrole nitrogens is 1. The van der Waals surface area contributed by atoms with Gasteiger partial charge in [-0.15, -0.1) is 0 Å². The summed E-state index contributed by atoms with van der Waals surface area (Å²) in [5.41, 5.74) is 0.862. The SMILES string of the molecule is CCCC(CC(=O)O)NC(=O)NC(C)c1cn[nH]c1. The van der Waals surface area contributed by atoms with Crippen LogP contribution < -0.4 is 10.6 Å². The molecule has 1 aromatic rings. The zero-order valence-corrected chi connectivity index (χ0v) is 11.1. The topological polar surface area (TPSA) is 107 Å². The van der Waals surface area contributed by atoms with E-state index in [1.165, 1.54) is 0 Å². The van der Waals surface area contributed by atoms with E-state index >= 15 is 0 Å². The Kier molecular flexibility index (Phi) is 5.84. The molecular weight excluding hydrogens is 248 g/mol. The number of rotatable bonds is 7. The zero-order chi connectivity index (χ0) is 14.3. The monoisotopic (exact) mass is 268 g/mol. The molecule has 0 aromatic carbocycles. The highest BCUT2D eigenvalue weighted by Gasteiger charge is 2.16. The first kappa shape index (κ1) is 15.0. The Morgan fingerprint density at radius 3 is 2.74 bits per heavy atom. The first-order valence-electron chi connectivity index (χ1n) is 6.30. The maximum atomic E-state index is 11.8. The normalized spacial score (nSPS) is 13.6. The van der Waals surface area contributed by atoms with Gasteiger partial charge in [0.2, 0.25) is 0 Å². The molecule has 2 amide bonds. The van der Waals surface area contributed by atoms with Crippen LogP contribution in [0.15, 0.2) is 12.4 Å². The molecule has 4 N–H and O–H groups in total. The number of urea groups is 1. The fourth-order valence-corrected chi connectivity index (χ4v) is 1.79. The Hall–Kier alpha value is -2.05. The van der Waals surface area contributed by atoms with Gasteiger partial charge in [-0.3, -0.25) is 9.89 Å². The molecule has 0 aliphatic rings. The summed E-state index contributed by atoms with van der Waals surface area (Å²) in [5.74, 6) is -0.915. The van der Waals surface area contributed by atoms with E-state index in [1.807, 2.05) is 13.8 Å².